The lowest BCUT2D eigenvalue weighted by molar-refractivity contribution is 0.103. The number of fused-ring (bicyclic) bond motifs is 1. The summed E-state index contributed by atoms with van der Waals surface area (Å²) in [5.74, 6) is 0.177. The van der Waals surface area contributed by atoms with Crippen molar-refractivity contribution in [3.8, 4) is 0 Å². The van der Waals surface area contributed by atoms with Crippen LogP contribution in [0.15, 0.2) is 36.5 Å². The molecule has 3 N–H and O–H groups in total. The Labute approximate surface area is 102 Å². The fourth-order valence-electron chi connectivity index (χ4n) is 1.65. The molecule has 18 heavy (non-hydrogen) atoms. The molecule has 0 saturated heterocycles. The minimum Gasteiger partial charge on any atom is -0.368 e. The molecule has 0 fully saturated rings. The summed E-state index contributed by atoms with van der Waals surface area (Å²) in [6.45, 7) is 0. The van der Waals surface area contributed by atoms with Gasteiger partial charge in [0.25, 0.3) is 0 Å². The van der Waals surface area contributed by atoms with Gasteiger partial charge in [-0.1, -0.05) is 30.3 Å². The second-order valence-corrected chi connectivity index (χ2v) is 3.75. The first-order chi connectivity index (χ1) is 8.74. The van der Waals surface area contributed by atoms with Gasteiger partial charge in [-0.15, -0.1) is 0 Å². The lowest BCUT2D eigenvalue weighted by Gasteiger charge is -1.95. The van der Waals surface area contributed by atoms with Crippen LogP contribution in [-0.4, -0.2) is 25.7 Å². The molecule has 0 spiro atoms. The number of aromatic nitrogens is 4. The van der Waals surface area contributed by atoms with E-state index in [4.69, 9.17) is 5.73 Å². The number of nitrogens with one attached hydrogen (secondary N) is 1. The molecule has 0 atom stereocenters. The van der Waals surface area contributed by atoms with Crippen LogP contribution < -0.4 is 5.73 Å². The molecule has 0 radical (unpaired) electrons. The van der Waals surface area contributed by atoms with Gasteiger partial charge in [0.05, 0.1) is 6.20 Å². The summed E-state index contributed by atoms with van der Waals surface area (Å²) >= 11 is 0. The number of aromatic amines is 1. The van der Waals surface area contributed by atoms with Crippen LogP contribution in [0.25, 0.3) is 11.2 Å². The second kappa shape index (κ2) is 3.92. The van der Waals surface area contributed by atoms with E-state index in [2.05, 4.69) is 19.9 Å². The number of hydrogen-bond acceptors (Lipinski definition) is 5. The van der Waals surface area contributed by atoms with Crippen molar-refractivity contribution in [2.75, 3.05) is 5.73 Å². The molecule has 0 aliphatic carbocycles. The SMILES string of the molecule is Nc1ncc2[nH]c(C(=O)c3ccccc3)nc2n1. The van der Waals surface area contributed by atoms with Gasteiger partial charge >= 0.3 is 0 Å². The first-order valence-electron chi connectivity index (χ1n) is 5.32. The third-order valence-electron chi connectivity index (χ3n) is 2.51. The highest BCUT2D eigenvalue weighted by atomic mass is 16.1. The number of carbonyl (C=O) groups excluding carboxylic acids is 1. The molecule has 88 valence electrons. The highest BCUT2D eigenvalue weighted by Gasteiger charge is 2.14. The standard InChI is InChI=1S/C12H9N5O/c13-12-14-6-8-10(17-12)16-11(15-8)9(18)7-4-2-1-3-5-7/h1-6H,(H3,13,14,15,16,17). The van der Waals surface area contributed by atoms with E-state index in [0.717, 1.165) is 0 Å². The average Bonchev–Trinajstić information content (AvgIpc) is 2.81. The molecular formula is C12H9N5O. The number of rotatable bonds is 2. The van der Waals surface area contributed by atoms with Crippen molar-refractivity contribution in [2.24, 2.45) is 0 Å². The minimum absolute atomic E-state index is 0.132. The summed E-state index contributed by atoms with van der Waals surface area (Å²) in [4.78, 5) is 26.9. The smallest absolute Gasteiger partial charge is 0.228 e. The van der Waals surface area contributed by atoms with E-state index in [0.29, 0.717) is 16.7 Å². The summed E-state index contributed by atoms with van der Waals surface area (Å²) in [5, 5.41) is 0. The summed E-state index contributed by atoms with van der Waals surface area (Å²) in [5.41, 5.74) is 7.00. The van der Waals surface area contributed by atoms with E-state index < -0.39 is 0 Å². The van der Waals surface area contributed by atoms with Crippen LogP contribution in [-0.2, 0) is 0 Å². The maximum absolute atomic E-state index is 12.1. The van der Waals surface area contributed by atoms with E-state index >= 15 is 0 Å². The van der Waals surface area contributed by atoms with Crippen molar-refractivity contribution in [1.29, 1.82) is 0 Å². The largest absolute Gasteiger partial charge is 0.368 e. The van der Waals surface area contributed by atoms with Crippen LogP contribution in [0, 0.1) is 0 Å². The van der Waals surface area contributed by atoms with Crippen molar-refractivity contribution in [3.05, 3.63) is 47.9 Å². The molecule has 0 saturated carbocycles. The minimum atomic E-state index is -0.188. The molecule has 1 aromatic carbocycles. The Balaban J connectivity index is 2.07. The monoisotopic (exact) mass is 239 g/mol. The Morgan fingerprint density at radius 1 is 1.17 bits per heavy atom. The molecule has 2 aromatic heterocycles. The highest BCUT2D eigenvalue weighted by Crippen LogP contribution is 2.12. The molecule has 6 nitrogen and oxygen atoms in total. The number of H-pyrrole nitrogens is 1. The molecule has 0 aliphatic heterocycles. The number of anilines is 1. The summed E-state index contributed by atoms with van der Waals surface area (Å²) < 4.78 is 0. The van der Waals surface area contributed by atoms with Gasteiger partial charge in [-0.2, -0.15) is 4.98 Å². The lowest BCUT2D eigenvalue weighted by Crippen LogP contribution is -2.03. The molecule has 3 aromatic rings. The third kappa shape index (κ3) is 1.69. The molecular weight excluding hydrogens is 230 g/mol. The zero-order valence-electron chi connectivity index (χ0n) is 9.29. The first-order valence-corrected chi connectivity index (χ1v) is 5.32. The van der Waals surface area contributed by atoms with Crippen molar-refractivity contribution in [2.45, 2.75) is 0 Å². The van der Waals surface area contributed by atoms with Crippen LogP contribution in [0.3, 0.4) is 0 Å². The number of hydrogen-bond donors (Lipinski definition) is 2. The van der Waals surface area contributed by atoms with Crippen LogP contribution in [0.4, 0.5) is 5.95 Å². The van der Waals surface area contributed by atoms with Crippen LogP contribution in [0.5, 0.6) is 0 Å². The van der Waals surface area contributed by atoms with E-state index in [1.807, 2.05) is 6.07 Å². The van der Waals surface area contributed by atoms with E-state index in [-0.39, 0.29) is 17.6 Å². The second-order valence-electron chi connectivity index (χ2n) is 3.75. The lowest BCUT2D eigenvalue weighted by atomic mass is 10.1. The van der Waals surface area contributed by atoms with E-state index in [9.17, 15) is 4.79 Å². The molecule has 0 aliphatic rings. The number of imidazole rings is 1. The van der Waals surface area contributed by atoms with Gasteiger partial charge in [0.1, 0.15) is 5.52 Å². The van der Waals surface area contributed by atoms with Gasteiger partial charge in [-0.3, -0.25) is 4.79 Å². The predicted molar refractivity (Wildman–Crippen MR) is 66.0 cm³/mol. The van der Waals surface area contributed by atoms with Crippen molar-refractivity contribution in [1.82, 2.24) is 19.9 Å². The van der Waals surface area contributed by atoms with E-state index in [1.54, 1.807) is 24.3 Å². The van der Waals surface area contributed by atoms with Gasteiger partial charge in [0.15, 0.2) is 11.5 Å². The number of nitrogen functional groups attached to an aromatic ring is 1. The number of ketones is 1. The van der Waals surface area contributed by atoms with Crippen LogP contribution in [0.2, 0.25) is 0 Å². The molecule has 0 unspecified atom stereocenters. The maximum atomic E-state index is 12.1. The van der Waals surface area contributed by atoms with Crippen molar-refractivity contribution < 1.29 is 4.79 Å². The van der Waals surface area contributed by atoms with Gasteiger partial charge in [-0.05, 0) is 0 Å². The quantitative estimate of drug-likeness (QED) is 0.654. The van der Waals surface area contributed by atoms with Gasteiger partial charge in [0, 0.05) is 5.56 Å². The topological polar surface area (TPSA) is 97.5 Å². The Morgan fingerprint density at radius 3 is 2.72 bits per heavy atom. The fraction of sp³-hybridized carbons (Fsp3) is 0. The Morgan fingerprint density at radius 2 is 1.94 bits per heavy atom. The molecule has 0 bridgehead atoms. The third-order valence-corrected chi connectivity index (χ3v) is 2.51. The van der Waals surface area contributed by atoms with Gasteiger partial charge in [0.2, 0.25) is 11.7 Å². The average molecular weight is 239 g/mol. The van der Waals surface area contributed by atoms with Crippen LogP contribution >= 0.6 is 0 Å². The van der Waals surface area contributed by atoms with Crippen molar-refractivity contribution >= 4 is 22.9 Å². The Hall–Kier alpha value is -2.76. The van der Waals surface area contributed by atoms with Gasteiger partial charge < -0.3 is 10.7 Å². The zero-order valence-corrected chi connectivity index (χ0v) is 9.29. The van der Waals surface area contributed by atoms with Crippen LogP contribution in [0.1, 0.15) is 16.2 Å². The predicted octanol–water partition coefficient (Wildman–Crippen LogP) is 1.17. The summed E-state index contributed by atoms with van der Waals surface area (Å²) in [6, 6.07) is 8.91. The summed E-state index contributed by atoms with van der Waals surface area (Å²) in [6.07, 6.45) is 1.51. The van der Waals surface area contributed by atoms with Crippen molar-refractivity contribution in [3.63, 3.8) is 0 Å². The molecule has 3 rings (SSSR count). The molecule has 0 amide bonds. The Bertz CT molecular complexity index is 720. The Kier molecular flexibility index (Phi) is 2.26. The van der Waals surface area contributed by atoms with E-state index in [1.165, 1.54) is 6.20 Å². The number of nitrogens with two attached hydrogens (primary N) is 1. The molecule has 6 heteroatoms. The first kappa shape index (κ1) is 10.4. The van der Waals surface area contributed by atoms with Gasteiger partial charge in [-0.25, -0.2) is 9.97 Å². The zero-order chi connectivity index (χ0) is 12.5. The normalized spacial score (nSPS) is 10.7. The number of benzene rings is 1. The number of nitrogens with zero attached hydrogens (tertiary/aromatic N) is 3. The highest BCUT2D eigenvalue weighted by molar-refractivity contribution is 6.07. The summed E-state index contributed by atoms with van der Waals surface area (Å²) in [7, 11) is 0. The number of carbonyl (C=O) groups is 1. The molecule has 2 heterocycles. The fourth-order valence-corrected chi connectivity index (χ4v) is 1.65. The maximum Gasteiger partial charge on any atom is 0.228 e.